The van der Waals surface area contributed by atoms with Gasteiger partial charge in [-0.1, -0.05) is 20.8 Å². The SMILES string of the molecule is CN(CC(=O)NCC(C)(C)C)S(C)(=O)=O. The van der Waals surface area contributed by atoms with Crippen LogP contribution >= 0.6 is 0 Å². The second-order valence-corrected chi connectivity index (χ2v) is 6.95. The molecule has 1 N–H and O–H groups in total. The van der Waals surface area contributed by atoms with Gasteiger partial charge in [0.05, 0.1) is 12.8 Å². The van der Waals surface area contributed by atoms with E-state index >= 15 is 0 Å². The summed E-state index contributed by atoms with van der Waals surface area (Å²) in [5, 5.41) is 2.68. The molecule has 0 aliphatic heterocycles. The molecule has 0 bridgehead atoms. The van der Waals surface area contributed by atoms with E-state index in [9.17, 15) is 13.2 Å². The molecule has 0 aliphatic rings. The normalized spacial score (nSPS) is 12.9. The van der Waals surface area contributed by atoms with Crippen molar-refractivity contribution in [3.05, 3.63) is 0 Å². The van der Waals surface area contributed by atoms with Crippen LogP contribution in [0.25, 0.3) is 0 Å². The lowest BCUT2D eigenvalue weighted by molar-refractivity contribution is -0.121. The van der Waals surface area contributed by atoms with Crippen LogP contribution in [-0.2, 0) is 14.8 Å². The highest BCUT2D eigenvalue weighted by Crippen LogP contribution is 2.09. The molecule has 0 radical (unpaired) electrons. The monoisotopic (exact) mass is 236 g/mol. The summed E-state index contributed by atoms with van der Waals surface area (Å²) in [6.07, 6.45) is 1.07. The molecule has 0 saturated heterocycles. The molecule has 90 valence electrons. The Bertz CT molecular complexity index is 317. The quantitative estimate of drug-likeness (QED) is 0.749. The molecule has 6 heteroatoms. The molecular formula is C9H20N2O3S. The number of carbonyl (C=O) groups is 1. The highest BCUT2D eigenvalue weighted by molar-refractivity contribution is 7.88. The van der Waals surface area contributed by atoms with E-state index in [0.717, 1.165) is 10.6 Å². The van der Waals surface area contributed by atoms with E-state index in [1.807, 2.05) is 20.8 Å². The number of hydrogen-bond acceptors (Lipinski definition) is 3. The van der Waals surface area contributed by atoms with Crippen LogP contribution in [0.15, 0.2) is 0 Å². The number of likely N-dealkylation sites (N-methyl/N-ethyl adjacent to an activating group) is 1. The average Bonchev–Trinajstić information content (AvgIpc) is 1.97. The number of amides is 1. The van der Waals surface area contributed by atoms with Crippen molar-refractivity contribution in [1.29, 1.82) is 0 Å². The van der Waals surface area contributed by atoms with Gasteiger partial charge in [-0.05, 0) is 5.41 Å². The zero-order valence-electron chi connectivity index (χ0n) is 9.99. The summed E-state index contributed by atoms with van der Waals surface area (Å²) in [4.78, 5) is 11.3. The Balaban J connectivity index is 4.07. The minimum atomic E-state index is -3.28. The summed E-state index contributed by atoms with van der Waals surface area (Å²) < 4.78 is 23.0. The van der Waals surface area contributed by atoms with Crippen LogP contribution in [0, 0.1) is 5.41 Å². The van der Waals surface area contributed by atoms with E-state index in [1.54, 1.807) is 0 Å². The number of nitrogens with zero attached hydrogens (tertiary/aromatic N) is 1. The molecule has 0 aromatic heterocycles. The smallest absolute Gasteiger partial charge is 0.235 e. The predicted octanol–water partition coefficient (Wildman–Crippen LogP) is 0.0401. The number of rotatable bonds is 4. The van der Waals surface area contributed by atoms with Crippen molar-refractivity contribution in [3.8, 4) is 0 Å². The Morgan fingerprint density at radius 1 is 1.33 bits per heavy atom. The molecule has 0 fully saturated rings. The lowest BCUT2D eigenvalue weighted by Crippen LogP contribution is -2.40. The first-order chi connectivity index (χ1) is 6.52. The Morgan fingerprint density at radius 2 is 1.80 bits per heavy atom. The van der Waals surface area contributed by atoms with Crippen LogP contribution in [-0.4, -0.2) is 45.0 Å². The standard InChI is InChI=1S/C9H20N2O3S/c1-9(2,3)7-10-8(12)6-11(4)15(5,13)14/h6-7H2,1-5H3,(H,10,12). The zero-order chi connectivity index (χ0) is 12.3. The zero-order valence-corrected chi connectivity index (χ0v) is 10.8. The first-order valence-electron chi connectivity index (χ1n) is 4.70. The highest BCUT2D eigenvalue weighted by atomic mass is 32.2. The van der Waals surface area contributed by atoms with E-state index < -0.39 is 10.0 Å². The third-order valence-electron chi connectivity index (χ3n) is 1.75. The molecule has 1 amide bonds. The molecule has 0 aromatic carbocycles. The van der Waals surface area contributed by atoms with Gasteiger partial charge in [0.15, 0.2) is 0 Å². The van der Waals surface area contributed by atoms with Crippen molar-refractivity contribution in [3.63, 3.8) is 0 Å². The van der Waals surface area contributed by atoms with Crippen molar-refractivity contribution in [1.82, 2.24) is 9.62 Å². The maximum atomic E-state index is 11.3. The van der Waals surface area contributed by atoms with E-state index in [0.29, 0.717) is 6.54 Å². The van der Waals surface area contributed by atoms with Gasteiger partial charge < -0.3 is 5.32 Å². The second-order valence-electron chi connectivity index (χ2n) is 4.86. The lowest BCUT2D eigenvalue weighted by atomic mass is 9.97. The van der Waals surface area contributed by atoms with Crippen LogP contribution in [0.1, 0.15) is 20.8 Å². The van der Waals surface area contributed by atoms with Gasteiger partial charge in [-0.15, -0.1) is 0 Å². The Morgan fingerprint density at radius 3 is 2.13 bits per heavy atom. The molecule has 0 saturated carbocycles. The largest absolute Gasteiger partial charge is 0.354 e. The van der Waals surface area contributed by atoms with E-state index in [1.165, 1.54) is 7.05 Å². The fourth-order valence-electron chi connectivity index (χ4n) is 0.739. The van der Waals surface area contributed by atoms with Gasteiger partial charge >= 0.3 is 0 Å². The molecule has 0 aromatic rings. The molecule has 5 nitrogen and oxygen atoms in total. The molecule has 0 atom stereocenters. The maximum Gasteiger partial charge on any atom is 0.235 e. The van der Waals surface area contributed by atoms with Gasteiger partial charge in [0.25, 0.3) is 0 Å². The van der Waals surface area contributed by atoms with Gasteiger partial charge in [0.1, 0.15) is 0 Å². The van der Waals surface area contributed by atoms with Crippen molar-refractivity contribution >= 4 is 15.9 Å². The predicted molar refractivity (Wildman–Crippen MR) is 59.9 cm³/mol. The van der Waals surface area contributed by atoms with Crippen molar-refractivity contribution in [2.75, 3.05) is 26.4 Å². The van der Waals surface area contributed by atoms with Crippen LogP contribution in [0.4, 0.5) is 0 Å². The molecule has 0 heterocycles. The summed E-state index contributed by atoms with van der Waals surface area (Å²) in [6, 6.07) is 0. The maximum absolute atomic E-state index is 11.3. The first kappa shape index (κ1) is 14.4. The summed E-state index contributed by atoms with van der Waals surface area (Å²) >= 11 is 0. The fourth-order valence-corrected chi connectivity index (χ4v) is 1.09. The Labute approximate surface area is 91.9 Å². The fraction of sp³-hybridized carbons (Fsp3) is 0.889. The molecule has 15 heavy (non-hydrogen) atoms. The number of sulfonamides is 1. The number of nitrogens with one attached hydrogen (secondary N) is 1. The van der Waals surface area contributed by atoms with Crippen molar-refractivity contribution in [2.45, 2.75) is 20.8 Å². The average molecular weight is 236 g/mol. The van der Waals surface area contributed by atoms with Crippen molar-refractivity contribution in [2.24, 2.45) is 5.41 Å². The summed E-state index contributed by atoms with van der Waals surface area (Å²) in [5.41, 5.74) is -0.000674. The van der Waals surface area contributed by atoms with Gasteiger partial charge in [-0.3, -0.25) is 4.79 Å². The minimum absolute atomic E-state index is 0.000674. The van der Waals surface area contributed by atoms with Crippen LogP contribution in [0.5, 0.6) is 0 Å². The van der Waals surface area contributed by atoms with Crippen LogP contribution in [0.3, 0.4) is 0 Å². The third-order valence-corrected chi connectivity index (χ3v) is 3.01. The third kappa shape index (κ3) is 7.33. The van der Waals surface area contributed by atoms with Gasteiger partial charge in [-0.2, -0.15) is 4.31 Å². The lowest BCUT2D eigenvalue weighted by Gasteiger charge is -2.20. The van der Waals surface area contributed by atoms with Crippen LogP contribution < -0.4 is 5.32 Å². The Kier molecular flexibility index (Phi) is 4.73. The number of carbonyl (C=O) groups excluding carboxylic acids is 1. The molecule has 0 aliphatic carbocycles. The van der Waals surface area contributed by atoms with E-state index in [2.05, 4.69) is 5.32 Å². The van der Waals surface area contributed by atoms with Gasteiger partial charge in [-0.25, -0.2) is 8.42 Å². The van der Waals surface area contributed by atoms with Crippen molar-refractivity contribution < 1.29 is 13.2 Å². The van der Waals surface area contributed by atoms with E-state index in [-0.39, 0.29) is 17.9 Å². The minimum Gasteiger partial charge on any atom is -0.354 e. The summed E-state index contributed by atoms with van der Waals surface area (Å²) in [7, 11) is -1.90. The van der Waals surface area contributed by atoms with Gasteiger partial charge in [0, 0.05) is 13.6 Å². The topological polar surface area (TPSA) is 66.5 Å². The summed E-state index contributed by atoms with van der Waals surface area (Å²) in [6.45, 7) is 6.38. The second kappa shape index (κ2) is 4.94. The molecule has 0 rings (SSSR count). The molecular weight excluding hydrogens is 216 g/mol. The Hall–Kier alpha value is -0.620. The van der Waals surface area contributed by atoms with Crippen LogP contribution in [0.2, 0.25) is 0 Å². The highest BCUT2D eigenvalue weighted by Gasteiger charge is 2.16. The van der Waals surface area contributed by atoms with E-state index in [4.69, 9.17) is 0 Å². The first-order valence-corrected chi connectivity index (χ1v) is 6.55. The molecule has 0 spiro atoms. The number of hydrogen-bond donors (Lipinski definition) is 1. The summed E-state index contributed by atoms with van der Waals surface area (Å²) in [5.74, 6) is -0.280. The van der Waals surface area contributed by atoms with Gasteiger partial charge in [0.2, 0.25) is 15.9 Å². The molecule has 0 unspecified atom stereocenters.